The highest BCUT2D eigenvalue weighted by molar-refractivity contribution is 6.39. The molecule has 0 heterocycles. The van der Waals surface area contributed by atoms with Crippen molar-refractivity contribution in [3.63, 3.8) is 0 Å². The Hall–Kier alpha value is -3.94. The molecule has 2 N–H and O–H groups in total. The Morgan fingerprint density at radius 1 is 0.675 bits per heavy atom. The van der Waals surface area contributed by atoms with E-state index >= 15 is 0 Å². The maximum atomic E-state index is 12.7. The average molecular weight is 584 g/mol. The predicted octanol–water partition coefficient (Wildman–Crippen LogP) is 6.46. The minimum atomic E-state index is -0.287. The first-order valence-corrected chi connectivity index (χ1v) is 13.2. The number of rotatable bonds is 11. The van der Waals surface area contributed by atoms with Crippen LogP contribution in [0, 0.1) is 0 Å². The standard InChI is InChI=1S/C31H32Cl2N2O5/c1-19(14-27(36)34-17-21-6-10-23(38-3)11-7-21)25-16-26(30(33)31(40-5)29(25)32)20(2)15-28(37)35-18-22-8-12-24(39-4)13-9-22/h6-16H,17-18H2,1-5H3,(H,34,36)(H,35,37). The quantitative estimate of drug-likeness (QED) is 0.253. The van der Waals surface area contributed by atoms with E-state index < -0.39 is 0 Å². The smallest absolute Gasteiger partial charge is 0.244 e. The zero-order valence-electron chi connectivity index (χ0n) is 23.1. The van der Waals surface area contributed by atoms with Gasteiger partial charge in [0, 0.05) is 36.4 Å². The number of benzene rings is 3. The summed E-state index contributed by atoms with van der Waals surface area (Å²) in [7, 11) is 4.66. The van der Waals surface area contributed by atoms with Crippen molar-refractivity contribution < 1.29 is 23.8 Å². The molecular weight excluding hydrogens is 551 g/mol. The number of halogens is 2. The van der Waals surface area contributed by atoms with Crippen LogP contribution in [0.2, 0.25) is 10.0 Å². The lowest BCUT2D eigenvalue weighted by molar-refractivity contribution is -0.117. The fourth-order valence-electron chi connectivity index (χ4n) is 3.88. The summed E-state index contributed by atoms with van der Waals surface area (Å²) in [5.74, 6) is 1.17. The van der Waals surface area contributed by atoms with Crippen LogP contribution in [-0.2, 0) is 22.7 Å². The minimum Gasteiger partial charge on any atom is -0.497 e. The van der Waals surface area contributed by atoms with Crippen molar-refractivity contribution in [2.24, 2.45) is 0 Å². The van der Waals surface area contributed by atoms with Gasteiger partial charge in [-0.25, -0.2) is 0 Å². The lowest BCUT2D eigenvalue weighted by Gasteiger charge is -2.16. The molecule has 0 aromatic heterocycles. The fourth-order valence-corrected chi connectivity index (χ4v) is 4.68. The van der Waals surface area contributed by atoms with Gasteiger partial charge in [0.25, 0.3) is 0 Å². The van der Waals surface area contributed by atoms with Gasteiger partial charge >= 0.3 is 0 Å². The molecule has 0 spiro atoms. The van der Waals surface area contributed by atoms with E-state index in [1.165, 1.54) is 19.3 Å². The highest BCUT2D eigenvalue weighted by Crippen LogP contribution is 2.42. The molecule has 3 rings (SSSR count). The summed E-state index contributed by atoms with van der Waals surface area (Å²) in [4.78, 5) is 25.3. The summed E-state index contributed by atoms with van der Waals surface area (Å²) in [6.45, 7) is 4.24. The molecule has 0 saturated carbocycles. The van der Waals surface area contributed by atoms with Gasteiger partial charge in [-0.2, -0.15) is 0 Å². The molecule has 0 aliphatic carbocycles. The van der Waals surface area contributed by atoms with Crippen LogP contribution in [0.25, 0.3) is 11.1 Å². The number of hydrogen-bond donors (Lipinski definition) is 2. The Labute approximate surface area is 244 Å². The highest BCUT2D eigenvalue weighted by atomic mass is 35.5. The van der Waals surface area contributed by atoms with Gasteiger partial charge in [0.05, 0.1) is 31.4 Å². The van der Waals surface area contributed by atoms with Crippen molar-refractivity contribution in [1.29, 1.82) is 0 Å². The van der Waals surface area contributed by atoms with Gasteiger partial charge in [0.15, 0.2) is 5.75 Å². The molecule has 0 bridgehead atoms. The maximum Gasteiger partial charge on any atom is 0.244 e. The van der Waals surface area contributed by atoms with Gasteiger partial charge in [-0.3, -0.25) is 9.59 Å². The van der Waals surface area contributed by atoms with Crippen LogP contribution in [0.1, 0.15) is 36.1 Å². The predicted molar refractivity (Wildman–Crippen MR) is 160 cm³/mol. The molecule has 0 aliphatic heterocycles. The van der Waals surface area contributed by atoms with E-state index in [2.05, 4.69) is 10.6 Å². The third-order valence-electron chi connectivity index (χ3n) is 6.16. The van der Waals surface area contributed by atoms with Crippen molar-refractivity contribution in [3.8, 4) is 17.2 Å². The topological polar surface area (TPSA) is 85.9 Å². The molecule has 3 aromatic carbocycles. The molecule has 0 unspecified atom stereocenters. The average Bonchev–Trinajstić information content (AvgIpc) is 2.95. The van der Waals surface area contributed by atoms with Crippen LogP contribution in [0.15, 0.2) is 66.7 Å². The van der Waals surface area contributed by atoms with Crippen molar-refractivity contribution >= 4 is 46.2 Å². The zero-order valence-corrected chi connectivity index (χ0v) is 24.6. The monoisotopic (exact) mass is 582 g/mol. The van der Waals surface area contributed by atoms with Gasteiger partial charge in [0.2, 0.25) is 11.8 Å². The van der Waals surface area contributed by atoms with Crippen LogP contribution in [0.3, 0.4) is 0 Å². The number of ether oxygens (including phenoxy) is 3. The number of carbonyl (C=O) groups is 2. The first-order chi connectivity index (χ1) is 19.2. The summed E-state index contributed by atoms with van der Waals surface area (Å²) < 4.78 is 15.8. The number of nitrogens with one attached hydrogen (secondary N) is 2. The summed E-state index contributed by atoms with van der Waals surface area (Å²) in [6, 6.07) is 16.6. The molecule has 3 aromatic rings. The fraction of sp³-hybridized carbons (Fsp3) is 0.226. The van der Waals surface area contributed by atoms with E-state index in [9.17, 15) is 9.59 Å². The van der Waals surface area contributed by atoms with E-state index in [0.717, 1.165) is 22.6 Å². The van der Waals surface area contributed by atoms with E-state index in [-0.39, 0.29) is 27.6 Å². The van der Waals surface area contributed by atoms with Crippen molar-refractivity contribution in [1.82, 2.24) is 10.6 Å². The molecular formula is C31H32Cl2N2O5. The van der Waals surface area contributed by atoms with Crippen molar-refractivity contribution in [3.05, 3.63) is 99.0 Å². The second kappa shape index (κ2) is 14.4. The van der Waals surface area contributed by atoms with E-state index in [4.69, 9.17) is 37.4 Å². The summed E-state index contributed by atoms with van der Waals surface area (Å²) >= 11 is 13.2. The van der Waals surface area contributed by atoms with Gasteiger partial charge in [-0.1, -0.05) is 47.5 Å². The maximum absolute atomic E-state index is 12.7. The number of hydrogen-bond acceptors (Lipinski definition) is 5. The lowest BCUT2D eigenvalue weighted by Crippen LogP contribution is -2.20. The summed E-state index contributed by atoms with van der Waals surface area (Å²) in [5.41, 5.74) is 4.18. The Balaban J connectivity index is 1.77. The van der Waals surface area contributed by atoms with Gasteiger partial charge in [-0.15, -0.1) is 0 Å². The zero-order chi connectivity index (χ0) is 29.2. The molecule has 0 atom stereocenters. The summed E-state index contributed by atoms with van der Waals surface area (Å²) in [5, 5.41) is 6.27. The number of allylic oxidation sites excluding steroid dienone is 2. The molecule has 40 heavy (non-hydrogen) atoms. The first-order valence-electron chi connectivity index (χ1n) is 12.4. The SMILES string of the molecule is COc1ccc(CNC(=O)C=C(C)c2cc(C(C)=CC(=O)NCc3ccc(OC)cc3)c(Cl)c(OC)c2Cl)cc1. The molecule has 0 radical (unpaired) electrons. The Morgan fingerprint density at radius 2 is 1.05 bits per heavy atom. The first kappa shape index (κ1) is 30.6. The third kappa shape index (κ3) is 8.04. The Bertz CT molecular complexity index is 1310. The minimum absolute atomic E-state index is 0.258. The van der Waals surface area contributed by atoms with Crippen LogP contribution in [0.4, 0.5) is 0 Å². The molecule has 2 amide bonds. The highest BCUT2D eigenvalue weighted by Gasteiger charge is 2.19. The van der Waals surface area contributed by atoms with E-state index in [1.54, 1.807) is 34.1 Å². The molecule has 0 aliphatic rings. The Kier molecular flexibility index (Phi) is 11.1. The number of amides is 2. The van der Waals surface area contributed by atoms with Gasteiger partial charge < -0.3 is 24.8 Å². The molecule has 0 saturated heterocycles. The third-order valence-corrected chi connectivity index (χ3v) is 6.91. The number of carbonyl (C=O) groups excluding carboxylic acids is 2. The second-order valence-electron chi connectivity index (χ2n) is 8.92. The van der Waals surface area contributed by atoms with Crippen LogP contribution >= 0.6 is 23.2 Å². The van der Waals surface area contributed by atoms with Crippen molar-refractivity contribution in [2.45, 2.75) is 26.9 Å². The largest absolute Gasteiger partial charge is 0.497 e. The Morgan fingerprint density at radius 3 is 1.38 bits per heavy atom. The molecule has 9 heteroatoms. The van der Waals surface area contributed by atoms with Crippen molar-refractivity contribution in [2.75, 3.05) is 21.3 Å². The second-order valence-corrected chi connectivity index (χ2v) is 9.68. The molecule has 0 fully saturated rings. The van der Waals surface area contributed by atoms with Gasteiger partial charge in [-0.05, 0) is 66.5 Å². The van der Waals surface area contributed by atoms with Crippen LogP contribution in [-0.4, -0.2) is 33.1 Å². The molecule has 7 nitrogen and oxygen atoms in total. The molecule has 210 valence electrons. The van der Waals surface area contributed by atoms with Gasteiger partial charge in [0.1, 0.15) is 11.5 Å². The van der Waals surface area contributed by atoms with Crippen LogP contribution in [0.5, 0.6) is 17.2 Å². The lowest BCUT2D eigenvalue weighted by atomic mass is 9.98. The number of methoxy groups -OCH3 is 3. The normalized spacial score (nSPS) is 11.6. The van der Waals surface area contributed by atoms with E-state index in [1.807, 2.05) is 48.5 Å². The van der Waals surface area contributed by atoms with E-state index in [0.29, 0.717) is 35.4 Å². The summed E-state index contributed by atoms with van der Waals surface area (Å²) in [6.07, 6.45) is 2.92. The van der Waals surface area contributed by atoms with Crippen LogP contribution < -0.4 is 24.8 Å².